The van der Waals surface area contributed by atoms with E-state index in [9.17, 15) is 9.59 Å². The summed E-state index contributed by atoms with van der Waals surface area (Å²) >= 11 is 0. The number of unbranched alkanes of at least 4 members (excludes halogenated alkanes) is 1. The van der Waals surface area contributed by atoms with Crippen molar-refractivity contribution >= 4 is 17.5 Å². The highest BCUT2D eigenvalue weighted by molar-refractivity contribution is 6.05. The molecule has 1 aliphatic heterocycles. The Balaban J connectivity index is 2.07. The van der Waals surface area contributed by atoms with E-state index in [0.717, 1.165) is 36.2 Å². The van der Waals surface area contributed by atoms with Crippen molar-refractivity contribution < 1.29 is 9.59 Å². The third-order valence-corrected chi connectivity index (χ3v) is 3.79. The average Bonchev–Trinajstić information content (AvgIpc) is 2.61. The molecule has 1 aromatic rings. The predicted molar refractivity (Wildman–Crippen MR) is 79.7 cm³/mol. The minimum Gasteiger partial charge on any atom is -0.356 e. The Morgan fingerprint density at radius 2 is 2.10 bits per heavy atom. The van der Waals surface area contributed by atoms with Crippen LogP contribution in [0.2, 0.25) is 0 Å². The molecule has 20 heavy (non-hydrogen) atoms. The summed E-state index contributed by atoms with van der Waals surface area (Å²) in [5.74, 6) is 0.0468. The number of hydrogen-bond donors (Lipinski definition) is 2. The molecule has 4 heteroatoms. The summed E-state index contributed by atoms with van der Waals surface area (Å²) < 4.78 is 0. The van der Waals surface area contributed by atoms with Crippen LogP contribution in [0.25, 0.3) is 0 Å². The second-order valence-corrected chi connectivity index (χ2v) is 5.84. The van der Waals surface area contributed by atoms with Gasteiger partial charge in [0.2, 0.25) is 11.8 Å². The first kappa shape index (κ1) is 14.6. The van der Waals surface area contributed by atoms with E-state index in [1.54, 1.807) is 0 Å². The highest BCUT2D eigenvalue weighted by Gasteiger charge is 2.38. The van der Waals surface area contributed by atoms with E-state index in [0.29, 0.717) is 6.42 Å². The van der Waals surface area contributed by atoms with Gasteiger partial charge in [-0.05, 0) is 37.5 Å². The van der Waals surface area contributed by atoms with Crippen molar-refractivity contribution in [2.45, 2.75) is 45.4 Å². The van der Waals surface area contributed by atoms with Gasteiger partial charge < -0.3 is 10.6 Å². The van der Waals surface area contributed by atoms with E-state index >= 15 is 0 Å². The number of anilines is 1. The van der Waals surface area contributed by atoms with Gasteiger partial charge in [0.05, 0.1) is 11.8 Å². The van der Waals surface area contributed by atoms with Crippen molar-refractivity contribution in [3.63, 3.8) is 0 Å². The zero-order valence-corrected chi connectivity index (χ0v) is 12.4. The van der Waals surface area contributed by atoms with Crippen molar-refractivity contribution in [2.24, 2.45) is 0 Å². The lowest BCUT2D eigenvalue weighted by Crippen LogP contribution is -2.27. The first-order valence-electron chi connectivity index (χ1n) is 7.16. The lowest BCUT2D eigenvalue weighted by atomic mass is 9.85. The summed E-state index contributed by atoms with van der Waals surface area (Å²) in [6.45, 7) is 6.63. The Morgan fingerprint density at radius 3 is 2.80 bits per heavy atom. The lowest BCUT2D eigenvalue weighted by molar-refractivity contribution is -0.120. The molecular formula is C16H22N2O2. The van der Waals surface area contributed by atoms with Crippen LogP contribution in [-0.4, -0.2) is 18.4 Å². The maximum absolute atomic E-state index is 11.9. The molecule has 2 rings (SSSR count). The highest BCUT2D eigenvalue weighted by atomic mass is 16.2. The molecule has 2 N–H and O–H groups in total. The molecule has 0 bridgehead atoms. The van der Waals surface area contributed by atoms with Crippen molar-refractivity contribution in [2.75, 3.05) is 11.9 Å². The molecule has 0 unspecified atom stereocenters. The zero-order chi connectivity index (χ0) is 14.8. The second kappa shape index (κ2) is 5.65. The number of hydrogen-bond acceptors (Lipinski definition) is 2. The Bertz CT molecular complexity index is 535. The molecule has 1 aliphatic rings. The fourth-order valence-corrected chi connectivity index (χ4v) is 2.38. The van der Waals surface area contributed by atoms with Gasteiger partial charge in [-0.15, -0.1) is 0 Å². The summed E-state index contributed by atoms with van der Waals surface area (Å²) in [6, 6.07) is 5.75. The Kier molecular flexibility index (Phi) is 4.12. The van der Waals surface area contributed by atoms with Gasteiger partial charge in [-0.3, -0.25) is 9.59 Å². The maximum atomic E-state index is 11.9. The SMILES string of the molecule is CCCCNC(=O)Cc1ccc2c(c1)C(C)(C)C(=O)N2. The molecule has 0 saturated carbocycles. The number of amides is 2. The molecule has 4 nitrogen and oxygen atoms in total. The molecule has 0 fully saturated rings. The van der Waals surface area contributed by atoms with Crippen molar-refractivity contribution in [3.05, 3.63) is 29.3 Å². The average molecular weight is 274 g/mol. The summed E-state index contributed by atoms with van der Waals surface area (Å²) in [6.07, 6.45) is 2.43. The number of carbonyl (C=O) groups excluding carboxylic acids is 2. The molecule has 108 valence electrons. The molecule has 1 aromatic carbocycles. The number of carbonyl (C=O) groups is 2. The van der Waals surface area contributed by atoms with Gasteiger partial charge in [-0.1, -0.05) is 25.5 Å². The lowest BCUT2D eigenvalue weighted by Gasteiger charge is -2.15. The second-order valence-electron chi connectivity index (χ2n) is 5.84. The Morgan fingerprint density at radius 1 is 1.35 bits per heavy atom. The zero-order valence-electron chi connectivity index (χ0n) is 12.4. The van der Waals surface area contributed by atoms with Crippen LogP contribution in [-0.2, 0) is 21.4 Å². The third-order valence-electron chi connectivity index (χ3n) is 3.79. The van der Waals surface area contributed by atoms with Gasteiger partial charge in [0.1, 0.15) is 0 Å². The van der Waals surface area contributed by atoms with Crippen LogP contribution in [0.1, 0.15) is 44.7 Å². The minimum atomic E-state index is -0.524. The molecule has 0 radical (unpaired) electrons. The van der Waals surface area contributed by atoms with E-state index in [4.69, 9.17) is 0 Å². The molecule has 0 atom stereocenters. The van der Waals surface area contributed by atoms with Crippen molar-refractivity contribution in [1.29, 1.82) is 0 Å². The van der Waals surface area contributed by atoms with Crippen LogP contribution in [0.5, 0.6) is 0 Å². The van der Waals surface area contributed by atoms with Crippen LogP contribution >= 0.6 is 0 Å². The van der Waals surface area contributed by atoms with E-state index in [-0.39, 0.29) is 11.8 Å². The normalized spacial score (nSPS) is 15.7. The molecule has 2 amide bonds. The Hall–Kier alpha value is -1.84. The van der Waals surface area contributed by atoms with Crippen LogP contribution in [0, 0.1) is 0 Å². The molecule has 1 heterocycles. The predicted octanol–water partition coefficient (Wildman–Crippen LogP) is 2.38. The van der Waals surface area contributed by atoms with Crippen LogP contribution in [0.4, 0.5) is 5.69 Å². The molecule has 0 aliphatic carbocycles. The number of rotatable bonds is 5. The van der Waals surface area contributed by atoms with Gasteiger partial charge in [0, 0.05) is 12.2 Å². The Labute approximate surface area is 119 Å². The minimum absolute atomic E-state index is 0.0112. The first-order valence-corrected chi connectivity index (χ1v) is 7.16. The summed E-state index contributed by atoms with van der Waals surface area (Å²) in [5.41, 5.74) is 2.25. The van der Waals surface area contributed by atoms with E-state index < -0.39 is 5.41 Å². The standard InChI is InChI=1S/C16H22N2O2/c1-4-5-8-17-14(19)10-11-6-7-13-12(9-11)16(2,3)15(20)18-13/h6-7,9H,4-5,8,10H2,1-3H3,(H,17,19)(H,18,20). The quantitative estimate of drug-likeness (QED) is 0.810. The van der Waals surface area contributed by atoms with Crippen molar-refractivity contribution in [1.82, 2.24) is 5.32 Å². The fourth-order valence-electron chi connectivity index (χ4n) is 2.38. The highest BCUT2D eigenvalue weighted by Crippen LogP contribution is 2.37. The van der Waals surface area contributed by atoms with Crippen LogP contribution < -0.4 is 10.6 Å². The van der Waals surface area contributed by atoms with E-state index in [2.05, 4.69) is 17.6 Å². The largest absolute Gasteiger partial charge is 0.356 e. The van der Waals surface area contributed by atoms with Gasteiger partial charge in [-0.2, -0.15) is 0 Å². The van der Waals surface area contributed by atoms with Crippen LogP contribution in [0.3, 0.4) is 0 Å². The van der Waals surface area contributed by atoms with Crippen LogP contribution in [0.15, 0.2) is 18.2 Å². The van der Waals surface area contributed by atoms with Gasteiger partial charge in [0.25, 0.3) is 0 Å². The molecule has 0 spiro atoms. The number of fused-ring (bicyclic) bond motifs is 1. The smallest absolute Gasteiger partial charge is 0.234 e. The first-order chi connectivity index (χ1) is 9.45. The monoisotopic (exact) mass is 274 g/mol. The summed E-state index contributed by atoms with van der Waals surface area (Å²) in [7, 11) is 0. The summed E-state index contributed by atoms with van der Waals surface area (Å²) in [4.78, 5) is 23.7. The maximum Gasteiger partial charge on any atom is 0.234 e. The van der Waals surface area contributed by atoms with E-state index in [1.807, 2.05) is 32.0 Å². The fraction of sp³-hybridized carbons (Fsp3) is 0.500. The number of benzene rings is 1. The van der Waals surface area contributed by atoms with Gasteiger partial charge in [0.15, 0.2) is 0 Å². The van der Waals surface area contributed by atoms with Crippen molar-refractivity contribution in [3.8, 4) is 0 Å². The molecule has 0 aromatic heterocycles. The third kappa shape index (κ3) is 2.84. The van der Waals surface area contributed by atoms with Gasteiger partial charge in [-0.25, -0.2) is 0 Å². The van der Waals surface area contributed by atoms with Gasteiger partial charge >= 0.3 is 0 Å². The summed E-state index contributed by atoms with van der Waals surface area (Å²) in [5, 5.41) is 5.78. The van der Waals surface area contributed by atoms with E-state index in [1.165, 1.54) is 0 Å². The molecular weight excluding hydrogens is 252 g/mol. The molecule has 0 saturated heterocycles. The number of nitrogens with one attached hydrogen (secondary N) is 2. The topological polar surface area (TPSA) is 58.2 Å².